The molecular formula is C22H13ClN2O2S. The van der Waals surface area contributed by atoms with E-state index in [1.807, 2.05) is 18.2 Å². The molecule has 0 atom stereocenters. The van der Waals surface area contributed by atoms with Gasteiger partial charge >= 0.3 is 0 Å². The van der Waals surface area contributed by atoms with Crippen LogP contribution in [0.5, 0.6) is 0 Å². The maximum Gasteiger partial charge on any atom is 0.264 e. The van der Waals surface area contributed by atoms with Crippen LogP contribution in [0.1, 0.15) is 15.9 Å². The molecule has 0 spiro atoms. The number of benzene rings is 2. The van der Waals surface area contributed by atoms with Crippen molar-refractivity contribution in [1.29, 1.82) is 0 Å². The van der Waals surface area contributed by atoms with E-state index >= 15 is 0 Å². The zero-order valence-electron chi connectivity index (χ0n) is 14.5. The quantitative estimate of drug-likeness (QED) is 0.465. The number of Topliss-reactive ketones (excluding diaryl/α,β-unsaturated/α-hetero) is 1. The van der Waals surface area contributed by atoms with Gasteiger partial charge in [0.2, 0.25) is 0 Å². The number of rotatable bonds is 4. The lowest BCUT2D eigenvalue weighted by molar-refractivity contribution is -0.112. The summed E-state index contributed by atoms with van der Waals surface area (Å²) in [6.07, 6.45) is 3.07. The summed E-state index contributed by atoms with van der Waals surface area (Å²) >= 11 is 11.6. The van der Waals surface area contributed by atoms with Gasteiger partial charge < -0.3 is 0 Å². The number of amides is 1. The maximum atomic E-state index is 13.3. The summed E-state index contributed by atoms with van der Waals surface area (Å²) < 4.78 is 0. The number of halogens is 1. The molecular weight excluding hydrogens is 392 g/mol. The normalized spacial score (nSPS) is 14.0. The highest BCUT2D eigenvalue weighted by Gasteiger charge is 2.40. The molecule has 1 amide bonds. The Labute approximate surface area is 172 Å². The van der Waals surface area contributed by atoms with Crippen LogP contribution in [0.2, 0.25) is 5.02 Å². The zero-order chi connectivity index (χ0) is 19.7. The van der Waals surface area contributed by atoms with E-state index in [1.165, 1.54) is 17.3 Å². The van der Waals surface area contributed by atoms with Crippen molar-refractivity contribution in [2.45, 2.75) is 0 Å². The predicted molar refractivity (Wildman–Crippen MR) is 113 cm³/mol. The highest BCUT2D eigenvalue weighted by atomic mass is 35.5. The van der Waals surface area contributed by atoms with Gasteiger partial charge in [-0.1, -0.05) is 54.2 Å². The van der Waals surface area contributed by atoms with Crippen LogP contribution in [-0.2, 0) is 4.79 Å². The Kier molecular flexibility index (Phi) is 4.86. The summed E-state index contributed by atoms with van der Waals surface area (Å²) in [4.78, 5) is 32.1. The Balaban J connectivity index is 1.88. The standard InChI is InChI=1S/C22H13ClN2O2S/c23-16-6-8-17(9-7-16)25-21(27)18(14-4-2-1-3-5-14)19(22(25)28)20(26)15-10-12-24-13-11-15/h1-13H. The minimum absolute atomic E-state index is 0.174. The van der Waals surface area contributed by atoms with Crippen molar-refractivity contribution in [1.82, 2.24) is 4.98 Å². The van der Waals surface area contributed by atoms with E-state index in [0.29, 0.717) is 27.4 Å². The van der Waals surface area contributed by atoms with Crippen molar-refractivity contribution in [3.05, 3.63) is 101 Å². The number of anilines is 1. The van der Waals surface area contributed by atoms with E-state index in [1.54, 1.807) is 48.5 Å². The summed E-state index contributed by atoms with van der Waals surface area (Å²) in [5.74, 6) is -0.646. The fourth-order valence-corrected chi connectivity index (χ4v) is 3.59. The molecule has 0 saturated heterocycles. The molecule has 2 heterocycles. The molecule has 136 valence electrons. The lowest BCUT2D eigenvalue weighted by Crippen LogP contribution is -2.31. The number of carbonyl (C=O) groups is 2. The van der Waals surface area contributed by atoms with Gasteiger partial charge in [0.05, 0.1) is 16.8 Å². The number of hydrogen-bond donors (Lipinski definition) is 0. The van der Waals surface area contributed by atoms with Crippen LogP contribution in [0.15, 0.2) is 84.7 Å². The highest BCUT2D eigenvalue weighted by Crippen LogP contribution is 2.35. The number of thiocarbonyl (C=S) groups is 1. The van der Waals surface area contributed by atoms with Gasteiger partial charge in [-0.05, 0) is 42.0 Å². The number of carbonyl (C=O) groups excluding carboxylic acids is 2. The highest BCUT2D eigenvalue weighted by molar-refractivity contribution is 7.81. The smallest absolute Gasteiger partial charge is 0.264 e. The molecule has 0 bridgehead atoms. The monoisotopic (exact) mass is 404 g/mol. The van der Waals surface area contributed by atoms with Crippen molar-refractivity contribution in [2.24, 2.45) is 0 Å². The predicted octanol–water partition coefficient (Wildman–Crippen LogP) is 4.75. The van der Waals surface area contributed by atoms with Crippen molar-refractivity contribution in [3.8, 4) is 0 Å². The van der Waals surface area contributed by atoms with Crippen LogP contribution < -0.4 is 4.90 Å². The number of pyridine rings is 1. The largest absolute Gasteiger partial charge is 0.288 e. The van der Waals surface area contributed by atoms with Gasteiger partial charge in [-0.3, -0.25) is 19.5 Å². The molecule has 1 aliphatic rings. The van der Waals surface area contributed by atoms with Gasteiger partial charge in [-0.2, -0.15) is 0 Å². The van der Waals surface area contributed by atoms with E-state index in [2.05, 4.69) is 4.98 Å². The third-order valence-corrected chi connectivity index (χ3v) is 5.04. The number of ketones is 1. The van der Waals surface area contributed by atoms with Gasteiger partial charge in [-0.25, -0.2) is 0 Å². The molecule has 0 unspecified atom stereocenters. The maximum absolute atomic E-state index is 13.3. The van der Waals surface area contributed by atoms with Crippen molar-refractivity contribution in [2.75, 3.05) is 4.90 Å². The molecule has 0 radical (unpaired) electrons. The molecule has 3 aromatic rings. The van der Waals surface area contributed by atoms with Gasteiger partial charge in [-0.15, -0.1) is 0 Å². The van der Waals surface area contributed by atoms with Crippen molar-refractivity contribution < 1.29 is 9.59 Å². The molecule has 4 nitrogen and oxygen atoms in total. The fraction of sp³-hybridized carbons (Fsp3) is 0. The van der Waals surface area contributed by atoms with E-state index in [9.17, 15) is 9.59 Å². The molecule has 2 aromatic carbocycles. The van der Waals surface area contributed by atoms with Gasteiger partial charge in [0.15, 0.2) is 5.78 Å². The molecule has 1 aliphatic heterocycles. The second-order valence-corrected chi connectivity index (χ2v) is 6.93. The van der Waals surface area contributed by atoms with Crippen LogP contribution >= 0.6 is 23.8 Å². The topological polar surface area (TPSA) is 50.3 Å². The SMILES string of the molecule is O=C(C1=C(c2ccccc2)C(=O)N(c2ccc(Cl)cc2)C1=S)c1ccncc1. The minimum Gasteiger partial charge on any atom is -0.288 e. The lowest BCUT2D eigenvalue weighted by atomic mass is 9.96. The molecule has 0 saturated carbocycles. The van der Waals surface area contributed by atoms with E-state index in [4.69, 9.17) is 23.8 Å². The number of hydrogen-bond acceptors (Lipinski definition) is 4. The summed E-state index contributed by atoms with van der Waals surface area (Å²) in [7, 11) is 0. The van der Waals surface area contributed by atoms with Gasteiger partial charge in [0.25, 0.3) is 5.91 Å². The van der Waals surface area contributed by atoms with Crippen LogP contribution in [0.4, 0.5) is 5.69 Å². The first kappa shape index (κ1) is 18.2. The molecule has 4 rings (SSSR count). The Bertz CT molecular complexity index is 1110. The minimum atomic E-state index is -0.337. The van der Waals surface area contributed by atoms with Gasteiger partial charge in [0, 0.05) is 23.0 Å². The third kappa shape index (κ3) is 3.15. The Morgan fingerprint density at radius 2 is 1.57 bits per heavy atom. The van der Waals surface area contributed by atoms with E-state index in [-0.39, 0.29) is 22.3 Å². The zero-order valence-corrected chi connectivity index (χ0v) is 16.1. The Hall–Kier alpha value is -3.15. The summed E-state index contributed by atoms with van der Waals surface area (Å²) in [6, 6.07) is 19.0. The molecule has 0 N–H and O–H groups in total. The molecule has 0 fully saturated rings. The number of aromatic nitrogens is 1. The second-order valence-electron chi connectivity index (χ2n) is 6.10. The van der Waals surface area contributed by atoms with E-state index < -0.39 is 0 Å². The first-order chi connectivity index (χ1) is 13.6. The van der Waals surface area contributed by atoms with Crippen LogP contribution in [0, 0.1) is 0 Å². The summed E-state index contributed by atoms with van der Waals surface area (Å²) in [6.45, 7) is 0. The van der Waals surface area contributed by atoms with Crippen LogP contribution in [0.25, 0.3) is 5.57 Å². The molecule has 0 aliphatic carbocycles. The molecule has 6 heteroatoms. The second kappa shape index (κ2) is 7.46. The molecule has 1 aromatic heterocycles. The molecule has 28 heavy (non-hydrogen) atoms. The fourth-order valence-electron chi connectivity index (χ4n) is 3.09. The average molecular weight is 405 g/mol. The van der Waals surface area contributed by atoms with Crippen molar-refractivity contribution >= 4 is 51.8 Å². The number of nitrogens with zero attached hydrogens (tertiary/aromatic N) is 2. The van der Waals surface area contributed by atoms with Crippen LogP contribution in [-0.4, -0.2) is 21.7 Å². The first-order valence-electron chi connectivity index (χ1n) is 8.46. The van der Waals surface area contributed by atoms with Gasteiger partial charge in [0.1, 0.15) is 4.99 Å². The first-order valence-corrected chi connectivity index (χ1v) is 9.25. The summed E-state index contributed by atoms with van der Waals surface area (Å²) in [5, 5.41) is 0.547. The Morgan fingerprint density at radius 3 is 2.21 bits per heavy atom. The lowest BCUT2D eigenvalue weighted by Gasteiger charge is -2.17. The van der Waals surface area contributed by atoms with Crippen LogP contribution in [0.3, 0.4) is 0 Å². The van der Waals surface area contributed by atoms with E-state index in [0.717, 1.165) is 0 Å². The average Bonchev–Trinajstić information content (AvgIpc) is 2.99. The third-order valence-electron chi connectivity index (χ3n) is 4.40. The summed E-state index contributed by atoms with van der Waals surface area (Å²) in [5.41, 5.74) is 2.13. The van der Waals surface area contributed by atoms with Crippen molar-refractivity contribution in [3.63, 3.8) is 0 Å². The Morgan fingerprint density at radius 1 is 0.929 bits per heavy atom.